The summed E-state index contributed by atoms with van der Waals surface area (Å²) in [6.07, 6.45) is -5.36. The van der Waals surface area contributed by atoms with Gasteiger partial charge in [0.1, 0.15) is 17.0 Å². The number of benzene rings is 1. The second-order valence-corrected chi connectivity index (χ2v) is 11.2. The highest BCUT2D eigenvalue weighted by molar-refractivity contribution is 9.10. The second kappa shape index (κ2) is 10.2. The molecule has 35 heavy (non-hydrogen) atoms. The zero-order chi connectivity index (χ0) is 26.9. The number of imidazole rings is 1. The number of ether oxygens (including phenoxy) is 2. The molecule has 0 unspecified atom stereocenters. The van der Waals surface area contributed by atoms with Crippen molar-refractivity contribution in [3.8, 4) is 11.4 Å². The number of aromatic nitrogens is 2. The van der Waals surface area contributed by atoms with Crippen LogP contribution in [0.5, 0.6) is 0 Å². The van der Waals surface area contributed by atoms with Gasteiger partial charge in [0.2, 0.25) is 0 Å². The molecule has 194 valence electrons. The number of carbonyl (C=O) groups is 2. The van der Waals surface area contributed by atoms with Gasteiger partial charge in [-0.15, -0.1) is 0 Å². The highest BCUT2D eigenvalue weighted by Gasteiger charge is 2.35. The summed E-state index contributed by atoms with van der Waals surface area (Å²) >= 11 is 3.41. The quantitative estimate of drug-likeness (QED) is 0.384. The Hall–Kier alpha value is -2.56. The van der Waals surface area contributed by atoms with E-state index in [1.807, 2.05) is 0 Å². The minimum Gasteiger partial charge on any atom is -0.443 e. The minimum absolute atomic E-state index is 0.149. The van der Waals surface area contributed by atoms with Gasteiger partial charge in [0.15, 0.2) is 5.69 Å². The monoisotopic (exact) mass is 561 g/mol. The molecule has 1 aromatic carbocycles. The van der Waals surface area contributed by atoms with E-state index in [2.05, 4.69) is 20.9 Å². The fourth-order valence-corrected chi connectivity index (χ4v) is 3.46. The third-order valence-corrected chi connectivity index (χ3v) is 5.18. The first-order valence-electron chi connectivity index (χ1n) is 11.0. The Morgan fingerprint density at radius 1 is 1.03 bits per heavy atom. The molecular formula is C24H31BrF3N3O4. The molecule has 0 atom stereocenters. The molecule has 0 saturated heterocycles. The summed E-state index contributed by atoms with van der Waals surface area (Å²) in [6, 6.07) is 4.53. The van der Waals surface area contributed by atoms with Gasteiger partial charge in [0, 0.05) is 22.3 Å². The van der Waals surface area contributed by atoms with Gasteiger partial charge < -0.3 is 14.0 Å². The van der Waals surface area contributed by atoms with Crippen LogP contribution < -0.4 is 0 Å². The van der Waals surface area contributed by atoms with E-state index < -0.39 is 35.3 Å². The van der Waals surface area contributed by atoms with Crippen LogP contribution in [0.3, 0.4) is 0 Å². The maximum Gasteiger partial charge on any atom is 0.434 e. The summed E-state index contributed by atoms with van der Waals surface area (Å²) in [4.78, 5) is 30.2. The molecule has 0 aliphatic carbocycles. The molecular weight excluding hydrogens is 531 g/mol. The molecule has 0 N–H and O–H groups in total. The Bertz CT molecular complexity index is 1060. The van der Waals surface area contributed by atoms with Crippen LogP contribution in [-0.2, 0) is 22.2 Å². The summed E-state index contributed by atoms with van der Waals surface area (Å²) in [6.45, 7) is 13.4. The summed E-state index contributed by atoms with van der Waals surface area (Å²) in [5.41, 5.74) is -1.72. The van der Waals surface area contributed by atoms with Crippen LogP contribution in [0.25, 0.3) is 11.4 Å². The molecule has 7 nitrogen and oxygen atoms in total. The summed E-state index contributed by atoms with van der Waals surface area (Å²) in [7, 11) is 0. The van der Waals surface area contributed by atoms with Crippen molar-refractivity contribution < 1.29 is 32.2 Å². The number of hydrogen-bond donors (Lipinski definition) is 0. The van der Waals surface area contributed by atoms with Gasteiger partial charge in [-0.1, -0.05) is 28.1 Å². The number of amides is 2. The fourth-order valence-electron chi connectivity index (χ4n) is 2.96. The zero-order valence-corrected chi connectivity index (χ0v) is 22.7. The first-order chi connectivity index (χ1) is 15.8. The molecule has 0 spiro atoms. The normalized spacial score (nSPS) is 12.6. The second-order valence-electron chi connectivity index (χ2n) is 10.3. The summed E-state index contributed by atoms with van der Waals surface area (Å²) in [5, 5.41) is 0. The molecule has 2 amide bonds. The van der Waals surface area contributed by atoms with Crippen LogP contribution in [0, 0.1) is 0 Å². The van der Waals surface area contributed by atoms with E-state index in [1.165, 1.54) is 4.57 Å². The lowest BCUT2D eigenvalue weighted by Gasteiger charge is -2.29. The molecule has 2 aromatic rings. The summed E-state index contributed by atoms with van der Waals surface area (Å²) < 4.78 is 52.4. The molecule has 1 aromatic heterocycles. The average Bonchev–Trinajstić information content (AvgIpc) is 3.10. The van der Waals surface area contributed by atoms with Crippen LogP contribution in [0.15, 0.2) is 28.9 Å². The van der Waals surface area contributed by atoms with E-state index in [0.29, 0.717) is 15.6 Å². The van der Waals surface area contributed by atoms with Gasteiger partial charge >= 0.3 is 18.4 Å². The van der Waals surface area contributed by atoms with Gasteiger partial charge in [-0.3, -0.25) is 0 Å². The van der Waals surface area contributed by atoms with Gasteiger partial charge in [0.05, 0.1) is 6.54 Å². The molecule has 0 bridgehead atoms. The Balaban J connectivity index is 2.43. The lowest BCUT2D eigenvalue weighted by Crippen LogP contribution is -2.43. The van der Waals surface area contributed by atoms with E-state index >= 15 is 0 Å². The molecule has 11 heteroatoms. The van der Waals surface area contributed by atoms with E-state index in [9.17, 15) is 22.8 Å². The van der Waals surface area contributed by atoms with Crippen molar-refractivity contribution in [3.05, 3.63) is 40.1 Å². The molecule has 0 fully saturated rings. The van der Waals surface area contributed by atoms with Crippen molar-refractivity contribution in [1.82, 2.24) is 14.5 Å². The van der Waals surface area contributed by atoms with Crippen LogP contribution >= 0.6 is 15.9 Å². The first-order valence-corrected chi connectivity index (χ1v) is 11.8. The molecule has 0 aliphatic heterocycles. The van der Waals surface area contributed by atoms with Gasteiger partial charge in [-0.2, -0.15) is 13.2 Å². The Labute approximate surface area is 211 Å². The maximum absolute atomic E-state index is 13.3. The van der Waals surface area contributed by atoms with E-state index in [1.54, 1.807) is 73.6 Å². The molecule has 0 saturated carbocycles. The highest BCUT2D eigenvalue weighted by atomic mass is 79.9. The standard InChI is InChI=1S/C24H31BrF3N3O4/c1-14(2)30-13-18(24(26,27)28)29-19(30)15-9-10-16(17(25)11-15)12-31(20(32)34-22(3,4)5)21(33)35-23(6,7)8/h9-11,13-14H,12H2,1-8H3. The first kappa shape index (κ1) is 28.7. The van der Waals surface area contributed by atoms with Crippen molar-refractivity contribution in [2.24, 2.45) is 0 Å². The van der Waals surface area contributed by atoms with Crippen LogP contribution in [0.2, 0.25) is 0 Å². The topological polar surface area (TPSA) is 73.7 Å². The average molecular weight is 562 g/mol. The number of nitrogens with zero attached hydrogens (tertiary/aromatic N) is 3. The third kappa shape index (κ3) is 7.98. The van der Waals surface area contributed by atoms with Crippen molar-refractivity contribution in [1.29, 1.82) is 0 Å². The minimum atomic E-state index is -4.58. The maximum atomic E-state index is 13.3. The Morgan fingerprint density at radius 2 is 1.54 bits per heavy atom. The van der Waals surface area contributed by atoms with Crippen LogP contribution in [0.4, 0.5) is 22.8 Å². The van der Waals surface area contributed by atoms with E-state index in [0.717, 1.165) is 11.1 Å². The number of imide groups is 1. The number of hydrogen-bond acceptors (Lipinski definition) is 5. The van der Waals surface area contributed by atoms with Crippen molar-refractivity contribution in [2.75, 3.05) is 0 Å². The predicted octanol–water partition coefficient (Wildman–Crippen LogP) is 7.58. The Morgan fingerprint density at radius 3 is 1.94 bits per heavy atom. The SMILES string of the molecule is CC(C)n1cc(C(F)(F)F)nc1-c1ccc(CN(C(=O)OC(C)(C)C)C(=O)OC(C)(C)C)c(Br)c1. The van der Waals surface area contributed by atoms with E-state index in [4.69, 9.17) is 9.47 Å². The Kier molecular flexibility index (Phi) is 8.36. The van der Waals surface area contributed by atoms with E-state index in [-0.39, 0.29) is 18.4 Å². The van der Waals surface area contributed by atoms with Crippen molar-refractivity contribution >= 4 is 28.1 Å². The molecule has 1 heterocycles. The van der Waals surface area contributed by atoms with Gasteiger partial charge in [0.25, 0.3) is 0 Å². The van der Waals surface area contributed by atoms with Gasteiger partial charge in [-0.25, -0.2) is 19.5 Å². The molecule has 0 radical (unpaired) electrons. The number of rotatable bonds is 4. The highest BCUT2D eigenvalue weighted by Crippen LogP contribution is 2.34. The van der Waals surface area contributed by atoms with Crippen LogP contribution in [-0.4, -0.2) is 37.8 Å². The summed E-state index contributed by atoms with van der Waals surface area (Å²) in [5.74, 6) is 0.149. The van der Waals surface area contributed by atoms with Crippen molar-refractivity contribution in [3.63, 3.8) is 0 Å². The number of alkyl halides is 3. The third-order valence-electron chi connectivity index (χ3n) is 4.45. The molecule has 2 rings (SSSR count). The largest absolute Gasteiger partial charge is 0.443 e. The van der Waals surface area contributed by atoms with Crippen LogP contribution in [0.1, 0.15) is 72.7 Å². The number of carbonyl (C=O) groups excluding carboxylic acids is 2. The lowest BCUT2D eigenvalue weighted by molar-refractivity contribution is -0.140. The van der Waals surface area contributed by atoms with Crippen molar-refractivity contribution in [2.45, 2.75) is 85.4 Å². The zero-order valence-electron chi connectivity index (χ0n) is 21.1. The number of halogens is 4. The lowest BCUT2D eigenvalue weighted by atomic mass is 10.1. The fraction of sp³-hybridized carbons (Fsp3) is 0.542. The van der Waals surface area contributed by atoms with Gasteiger partial charge in [-0.05, 0) is 67.0 Å². The predicted molar refractivity (Wildman–Crippen MR) is 129 cm³/mol. The smallest absolute Gasteiger partial charge is 0.434 e. The molecule has 0 aliphatic rings.